The van der Waals surface area contributed by atoms with E-state index < -0.39 is 0 Å². The van der Waals surface area contributed by atoms with Crippen LogP contribution in [-0.4, -0.2) is 9.97 Å². The Morgan fingerprint density at radius 3 is 1.44 bits per heavy atom. The van der Waals surface area contributed by atoms with Crippen molar-refractivity contribution in [3.05, 3.63) is 87.2 Å². The average Bonchev–Trinajstić information content (AvgIpc) is 2.60. The Kier molecular flexibility index (Phi) is 5.49. The van der Waals surface area contributed by atoms with Crippen molar-refractivity contribution in [2.24, 2.45) is 0 Å². The first-order chi connectivity index (χ1) is 12.1. The predicted octanol–water partition coefficient (Wildman–Crippen LogP) is 5.71. The van der Waals surface area contributed by atoms with Gasteiger partial charge in [0.15, 0.2) is 0 Å². The Balaban J connectivity index is 1.80. The number of anilines is 1. The molecule has 1 aromatic heterocycles. The lowest BCUT2D eigenvalue weighted by Gasteiger charge is -2.00. The highest BCUT2D eigenvalue weighted by Gasteiger charge is 1.98. The summed E-state index contributed by atoms with van der Waals surface area (Å²) in [6.45, 7) is 0. The van der Waals surface area contributed by atoms with Gasteiger partial charge in [0, 0.05) is 10.0 Å². The second-order valence-corrected chi connectivity index (χ2v) is 6.22. The van der Waals surface area contributed by atoms with Crippen molar-refractivity contribution in [3.8, 4) is 0 Å². The van der Waals surface area contributed by atoms with Crippen LogP contribution < -0.4 is 5.73 Å². The van der Waals surface area contributed by atoms with Crippen LogP contribution in [0.1, 0.15) is 22.5 Å². The zero-order valence-corrected chi connectivity index (χ0v) is 14.7. The number of halogens is 2. The number of aromatic nitrogens is 2. The fraction of sp³-hybridized carbons (Fsp3) is 0. The first-order valence-corrected chi connectivity index (χ1v) is 8.36. The minimum absolute atomic E-state index is 0.231. The van der Waals surface area contributed by atoms with Crippen molar-refractivity contribution in [2.45, 2.75) is 0 Å². The Labute approximate surface area is 156 Å². The number of nitrogens with two attached hydrogens (primary N) is 1. The van der Waals surface area contributed by atoms with E-state index in [4.69, 9.17) is 28.9 Å². The smallest absolute Gasteiger partial charge is 0.221 e. The molecule has 0 saturated heterocycles. The molecule has 0 aliphatic heterocycles. The van der Waals surface area contributed by atoms with E-state index in [2.05, 4.69) is 9.97 Å². The molecule has 2 aromatic carbocycles. The van der Waals surface area contributed by atoms with Crippen LogP contribution in [0.5, 0.6) is 0 Å². The van der Waals surface area contributed by atoms with Crippen molar-refractivity contribution in [2.75, 3.05) is 5.73 Å². The van der Waals surface area contributed by atoms with Gasteiger partial charge in [-0.05, 0) is 53.6 Å². The Morgan fingerprint density at radius 2 is 1.04 bits per heavy atom. The van der Waals surface area contributed by atoms with Crippen LogP contribution >= 0.6 is 23.2 Å². The lowest BCUT2D eigenvalue weighted by molar-refractivity contribution is 1.15. The van der Waals surface area contributed by atoms with Crippen LogP contribution in [0.25, 0.3) is 24.3 Å². The summed E-state index contributed by atoms with van der Waals surface area (Å²) >= 11 is 11.8. The SMILES string of the molecule is Nc1nc(C=Cc2ccc(Cl)cc2)cc(C=Cc2ccc(Cl)cc2)n1. The summed E-state index contributed by atoms with van der Waals surface area (Å²) < 4.78 is 0. The second kappa shape index (κ2) is 7.97. The zero-order valence-electron chi connectivity index (χ0n) is 13.2. The standard InChI is InChI=1S/C20H15Cl2N3/c21-16-7-1-14(2-8-16)5-11-18-13-19(25-20(23)24-18)12-6-15-3-9-17(22)10-4-15/h1-13H,(H2,23,24,25). The first kappa shape index (κ1) is 17.2. The first-order valence-electron chi connectivity index (χ1n) is 7.60. The van der Waals surface area contributed by atoms with Gasteiger partial charge in [-0.15, -0.1) is 0 Å². The fourth-order valence-corrected chi connectivity index (χ4v) is 2.44. The van der Waals surface area contributed by atoms with Crippen LogP contribution in [0.15, 0.2) is 54.6 Å². The molecule has 3 rings (SSSR count). The van der Waals surface area contributed by atoms with E-state index in [-0.39, 0.29) is 5.95 Å². The minimum Gasteiger partial charge on any atom is -0.368 e. The maximum absolute atomic E-state index is 5.89. The van der Waals surface area contributed by atoms with Gasteiger partial charge < -0.3 is 5.73 Å². The summed E-state index contributed by atoms with van der Waals surface area (Å²) in [7, 11) is 0. The molecule has 2 N–H and O–H groups in total. The number of benzene rings is 2. The van der Waals surface area contributed by atoms with E-state index in [9.17, 15) is 0 Å². The highest BCUT2D eigenvalue weighted by Crippen LogP contribution is 2.15. The molecule has 0 fully saturated rings. The van der Waals surface area contributed by atoms with Gasteiger partial charge in [-0.1, -0.05) is 59.6 Å². The molecule has 3 aromatic rings. The van der Waals surface area contributed by atoms with Gasteiger partial charge in [0.2, 0.25) is 5.95 Å². The largest absolute Gasteiger partial charge is 0.368 e. The molecule has 0 aliphatic rings. The van der Waals surface area contributed by atoms with Crippen molar-refractivity contribution in [3.63, 3.8) is 0 Å². The van der Waals surface area contributed by atoms with Crippen LogP contribution in [0.3, 0.4) is 0 Å². The number of hydrogen-bond donors (Lipinski definition) is 1. The number of nitrogens with zero attached hydrogens (tertiary/aromatic N) is 2. The van der Waals surface area contributed by atoms with Gasteiger partial charge >= 0.3 is 0 Å². The number of hydrogen-bond acceptors (Lipinski definition) is 3. The van der Waals surface area contributed by atoms with E-state index >= 15 is 0 Å². The molecule has 3 nitrogen and oxygen atoms in total. The van der Waals surface area contributed by atoms with Crippen LogP contribution in [-0.2, 0) is 0 Å². The monoisotopic (exact) mass is 367 g/mol. The summed E-state index contributed by atoms with van der Waals surface area (Å²) in [5.41, 5.74) is 9.34. The van der Waals surface area contributed by atoms with Crippen molar-refractivity contribution in [1.82, 2.24) is 9.97 Å². The second-order valence-electron chi connectivity index (χ2n) is 5.35. The maximum Gasteiger partial charge on any atom is 0.221 e. The van der Waals surface area contributed by atoms with Gasteiger partial charge in [0.25, 0.3) is 0 Å². The Morgan fingerprint density at radius 1 is 0.640 bits per heavy atom. The van der Waals surface area contributed by atoms with Gasteiger partial charge in [-0.2, -0.15) is 0 Å². The molecule has 0 atom stereocenters. The Bertz CT molecular complexity index is 841. The lowest BCUT2D eigenvalue weighted by Crippen LogP contribution is -1.98. The Hall–Kier alpha value is -2.62. The molecule has 5 heteroatoms. The van der Waals surface area contributed by atoms with Crippen molar-refractivity contribution >= 4 is 53.5 Å². The van der Waals surface area contributed by atoms with E-state index in [0.717, 1.165) is 22.5 Å². The molecule has 0 bridgehead atoms. The highest BCUT2D eigenvalue weighted by atomic mass is 35.5. The molecule has 1 heterocycles. The average molecular weight is 368 g/mol. The minimum atomic E-state index is 0.231. The quantitative estimate of drug-likeness (QED) is 0.642. The van der Waals surface area contributed by atoms with Crippen molar-refractivity contribution < 1.29 is 0 Å². The van der Waals surface area contributed by atoms with Crippen LogP contribution in [0, 0.1) is 0 Å². The molecule has 0 aliphatic carbocycles. The van der Waals surface area contributed by atoms with Crippen LogP contribution in [0.2, 0.25) is 10.0 Å². The molecule has 0 saturated carbocycles. The number of rotatable bonds is 4. The normalized spacial score (nSPS) is 11.4. The summed E-state index contributed by atoms with van der Waals surface area (Å²) in [5.74, 6) is 0.231. The third-order valence-corrected chi connectivity index (χ3v) is 3.92. The molecular formula is C20H15Cl2N3. The van der Waals surface area contributed by atoms with Crippen LogP contribution in [0.4, 0.5) is 5.95 Å². The van der Waals surface area contributed by atoms with E-state index in [1.165, 1.54) is 0 Å². The molecule has 25 heavy (non-hydrogen) atoms. The third kappa shape index (κ3) is 5.18. The van der Waals surface area contributed by atoms with Gasteiger partial charge in [0.1, 0.15) is 0 Å². The number of nitrogen functional groups attached to an aromatic ring is 1. The summed E-state index contributed by atoms with van der Waals surface area (Å²) in [4.78, 5) is 8.47. The topological polar surface area (TPSA) is 51.8 Å². The predicted molar refractivity (Wildman–Crippen MR) is 107 cm³/mol. The summed E-state index contributed by atoms with van der Waals surface area (Å²) in [5, 5.41) is 1.41. The van der Waals surface area contributed by atoms with Gasteiger partial charge in [0.05, 0.1) is 11.4 Å². The molecule has 0 spiro atoms. The molecular weight excluding hydrogens is 353 g/mol. The molecule has 0 radical (unpaired) electrons. The van der Waals surface area contributed by atoms with Gasteiger partial charge in [-0.25, -0.2) is 9.97 Å². The highest BCUT2D eigenvalue weighted by molar-refractivity contribution is 6.30. The maximum atomic E-state index is 5.89. The fourth-order valence-electron chi connectivity index (χ4n) is 2.19. The summed E-state index contributed by atoms with van der Waals surface area (Å²) in [6.07, 6.45) is 7.68. The van der Waals surface area contributed by atoms with E-state index in [1.54, 1.807) is 0 Å². The lowest BCUT2D eigenvalue weighted by atomic mass is 10.1. The van der Waals surface area contributed by atoms with Gasteiger partial charge in [-0.3, -0.25) is 0 Å². The van der Waals surface area contributed by atoms with E-state index in [1.807, 2.05) is 78.9 Å². The van der Waals surface area contributed by atoms with E-state index in [0.29, 0.717) is 10.0 Å². The molecule has 0 amide bonds. The summed E-state index contributed by atoms with van der Waals surface area (Å²) in [6, 6.07) is 17.0. The van der Waals surface area contributed by atoms with Crippen molar-refractivity contribution in [1.29, 1.82) is 0 Å². The zero-order chi connectivity index (χ0) is 17.6. The molecule has 124 valence electrons. The molecule has 0 unspecified atom stereocenters. The third-order valence-electron chi connectivity index (χ3n) is 3.42.